The van der Waals surface area contributed by atoms with Gasteiger partial charge in [0.15, 0.2) is 0 Å². The fraction of sp³-hybridized carbons (Fsp3) is 0.357. The predicted molar refractivity (Wildman–Crippen MR) is 74.6 cm³/mol. The van der Waals surface area contributed by atoms with Crippen LogP contribution in [0.5, 0.6) is 0 Å². The summed E-state index contributed by atoms with van der Waals surface area (Å²) in [5, 5.41) is 4.00. The van der Waals surface area contributed by atoms with Crippen molar-refractivity contribution in [3.05, 3.63) is 47.9 Å². The average molecular weight is 262 g/mol. The second-order valence-corrected chi connectivity index (χ2v) is 5.18. The van der Waals surface area contributed by atoms with E-state index < -0.39 is 0 Å². The monoisotopic (exact) mass is 262 g/mol. The van der Waals surface area contributed by atoms with Crippen LogP contribution in [-0.4, -0.2) is 23.4 Å². The van der Waals surface area contributed by atoms with Gasteiger partial charge >= 0.3 is 0 Å². The Morgan fingerprint density at radius 2 is 2.11 bits per heavy atom. The van der Waals surface area contributed by atoms with Gasteiger partial charge in [-0.05, 0) is 31.9 Å². The van der Waals surface area contributed by atoms with Crippen LogP contribution in [0.15, 0.2) is 46.0 Å². The Bertz CT molecular complexity index is 484. The molecule has 1 aromatic carbocycles. The third kappa shape index (κ3) is 2.94. The normalized spacial score (nSPS) is 12.9. The van der Waals surface area contributed by atoms with E-state index in [-0.39, 0.29) is 6.04 Å². The van der Waals surface area contributed by atoms with Gasteiger partial charge in [-0.15, -0.1) is 11.8 Å². The van der Waals surface area contributed by atoms with Crippen LogP contribution < -0.4 is 0 Å². The molecule has 2 rings (SSSR count). The van der Waals surface area contributed by atoms with Crippen molar-refractivity contribution in [2.45, 2.75) is 24.4 Å². The quantitative estimate of drug-likeness (QED) is 0.770. The highest BCUT2D eigenvalue weighted by Gasteiger charge is 2.15. The molecule has 18 heavy (non-hydrogen) atoms. The molecule has 2 aromatic rings. The zero-order valence-corrected chi connectivity index (χ0v) is 11.8. The molecule has 0 aliphatic heterocycles. The fourth-order valence-electron chi connectivity index (χ4n) is 1.90. The van der Waals surface area contributed by atoms with Crippen LogP contribution in [0.2, 0.25) is 0 Å². The van der Waals surface area contributed by atoms with E-state index in [1.165, 1.54) is 10.5 Å². The van der Waals surface area contributed by atoms with Crippen molar-refractivity contribution < 1.29 is 4.52 Å². The average Bonchev–Trinajstić information content (AvgIpc) is 2.92. The first-order chi connectivity index (χ1) is 8.72. The van der Waals surface area contributed by atoms with Gasteiger partial charge in [0.1, 0.15) is 12.0 Å². The Hall–Kier alpha value is -1.26. The molecule has 0 bridgehead atoms. The molecule has 3 nitrogen and oxygen atoms in total. The highest BCUT2D eigenvalue weighted by molar-refractivity contribution is 7.98. The fourth-order valence-corrected chi connectivity index (χ4v) is 2.51. The van der Waals surface area contributed by atoms with Crippen LogP contribution in [0.4, 0.5) is 0 Å². The van der Waals surface area contributed by atoms with Crippen molar-refractivity contribution in [3.63, 3.8) is 0 Å². The molecule has 0 unspecified atom stereocenters. The van der Waals surface area contributed by atoms with Crippen LogP contribution in [0.1, 0.15) is 24.2 Å². The minimum Gasteiger partial charge on any atom is -0.364 e. The maximum Gasteiger partial charge on any atom is 0.124 e. The van der Waals surface area contributed by atoms with Crippen LogP contribution in [0.3, 0.4) is 0 Å². The molecule has 0 amide bonds. The van der Waals surface area contributed by atoms with Crippen molar-refractivity contribution in [3.8, 4) is 0 Å². The van der Waals surface area contributed by atoms with Crippen molar-refractivity contribution in [1.29, 1.82) is 0 Å². The van der Waals surface area contributed by atoms with Crippen LogP contribution in [-0.2, 0) is 6.54 Å². The Balaban J connectivity index is 2.09. The van der Waals surface area contributed by atoms with Gasteiger partial charge in [-0.2, -0.15) is 0 Å². The summed E-state index contributed by atoms with van der Waals surface area (Å²) in [6, 6.07) is 10.7. The molecule has 96 valence electrons. The van der Waals surface area contributed by atoms with E-state index in [0.29, 0.717) is 0 Å². The molecule has 0 aliphatic carbocycles. The molecule has 0 saturated heterocycles. The maximum atomic E-state index is 4.90. The number of benzene rings is 1. The molecule has 0 N–H and O–H groups in total. The summed E-state index contributed by atoms with van der Waals surface area (Å²) in [5.74, 6) is 0. The summed E-state index contributed by atoms with van der Waals surface area (Å²) < 4.78 is 4.90. The van der Waals surface area contributed by atoms with Crippen LogP contribution in [0, 0.1) is 0 Å². The summed E-state index contributed by atoms with van der Waals surface area (Å²) in [7, 11) is 2.11. The van der Waals surface area contributed by atoms with Gasteiger partial charge in [-0.3, -0.25) is 4.90 Å². The zero-order valence-electron chi connectivity index (χ0n) is 11.0. The Labute approximate surface area is 112 Å². The summed E-state index contributed by atoms with van der Waals surface area (Å²) >= 11 is 1.79. The molecule has 1 aromatic heterocycles. The Morgan fingerprint density at radius 3 is 2.78 bits per heavy atom. The van der Waals surface area contributed by atoms with Gasteiger partial charge in [0.2, 0.25) is 0 Å². The molecule has 0 fully saturated rings. The SMILES string of the molecule is CSc1ccccc1CN(C)[C@H](C)c1ccon1. The standard InChI is InChI=1S/C14H18N2OS/c1-11(13-8-9-17-15-13)16(2)10-12-6-4-5-7-14(12)18-3/h4-9,11H,10H2,1-3H3/t11-/m1/s1. The van der Waals surface area contributed by atoms with Crippen molar-refractivity contribution >= 4 is 11.8 Å². The van der Waals surface area contributed by atoms with E-state index in [9.17, 15) is 0 Å². The van der Waals surface area contributed by atoms with E-state index >= 15 is 0 Å². The highest BCUT2D eigenvalue weighted by atomic mass is 32.2. The number of hydrogen-bond acceptors (Lipinski definition) is 4. The molecular formula is C14H18N2OS. The lowest BCUT2D eigenvalue weighted by atomic mass is 10.1. The minimum atomic E-state index is 0.249. The second kappa shape index (κ2) is 6.07. The third-order valence-corrected chi connectivity index (χ3v) is 4.00. The first-order valence-corrected chi connectivity index (χ1v) is 7.17. The van der Waals surface area contributed by atoms with E-state index in [1.54, 1.807) is 18.0 Å². The lowest BCUT2D eigenvalue weighted by Crippen LogP contribution is -2.22. The van der Waals surface area contributed by atoms with Gasteiger partial charge in [0.25, 0.3) is 0 Å². The minimum absolute atomic E-state index is 0.249. The summed E-state index contributed by atoms with van der Waals surface area (Å²) in [6.45, 7) is 3.05. The molecule has 0 aliphatic rings. The van der Waals surface area contributed by atoms with Crippen molar-refractivity contribution in [2.24, 2.45) is 0 Å². The molecule has 1 atom stereocenters. The summed E-state index contributed by atoms with van der Waals surface area (Å²) in [4.78, 5) is 3.60. The number of aromatic nitrogens is 1. The number of nitrogens with zero attached hydrogens (tertiary/aromatic N) is 2. The van der Waals surface area contributed by atoms with E-state index in [4.69, 9.17) is 4.52 Å². The largest absolute Gasteiger partial charge is 0.364 e. The smallest absolute Gasteiger partial charge is 0.124 e. The van der Waals surface area contributed by atoms with Gasteiger partial charge in [0, 0.05) is 17.5 Å². The molecule has 0 radical (unpaired) electrons. The molecule has 1 heterocycles. The maximum absolute atomic E-state index is 4.90. The zero-order chi connectivity index (χ0) is 13.0. The van der Waals surface area contributed by atoms with E-state index in [2.05, 4.69) is 54.5 Å². The predicted octanol–water partition coefficient (Wildman–Crippen LogP) is 3.59. The molecule has 0 spiro atoms. The third-order valence-electron chi connectivity index (χ3n) is 3.16. The molecule has 0 saturated carbocycles. The first-order valence-electron chi connectivity index (χ1n) is 5.94. The van der Waals surface area contributed by atoms with Gasteiger partial charge in [-0.1, -0.05) is 23.4 Å². The topological polar surface area (TPSA) is 29.3 Å². The van der Waals surface area contributed by atoms with E-state index in [0.717, 1.165) is 12.2 Å². The summed E-state index contributed by atoms with van der Waals surface area (Å²) in [6.07, 6.45) is 3.73. The first kappa shape index (κ1) is 13.2. The van der Waals surface area contributed by atoms with Gasteiger partial charge in [-0.25, -0.2) is 0 Å². The van der Waals surface area contributed by atoms with Crippen LogP contribution in [0.25, 0.3) is 0 Å². The lowest BCUT2D eigenvalue weighted by molar-refractivity contribution is 0.239. The van der Waals surface area contributed by atoms with Gasteiger partial charge < -0.3 is 4.52 Å². The van der Waals surface area contributed by atoms with Crippen molar-refractivity contribution in [1.82, 2.24) is 10.1 Å². The van der Waals surface area contributed by atoms with Crippen LogP contribution >= 0.6 is 11.8 Å². The number of rotatable bonds is 5. The molecular weight excluding hydrogens is 244 g/mol. The van der Waals surface area contributed by atoms with Crippen molar-refractivity contribution in [2.75, 3.05) is 13.3 Å². The molecule has 4 heteroatoms. The lowest BCUT2D eigenvalue weighted by Gasteiger charge is -2.23. The van der Waals surface area contributed by atoms with E-state index in [1.807, 2.05) is 6.07 Å². The van der Waals surface area contributed by atoms with Gasteiger partial charge in [0.05, 0.1) is 6.04 Å². The second-order valence-electron chi connectivity index (χ2n) is 4.33. The Kier molecular flexibility index (Phi) is 4.44. The highest BCUT2D eigenvalue weighted by Crippen LogP contribution is 2.24. The number of hydrogen-bond donors (Lipinski definition) is 0. The number of thioether (sulfide) groups is 1. The Morgan fingerprint density at radius 1 is 1.33 bits per heavy atom. The summed E-state index contributed by atoms with van der Waals surface area (Å²) in [5.41, 5.74) is 2.32.